The fourth-order valence-electron chi connectivity index (χ4n) is 1.67. The number of aromatic nitrogens is 2. The highest BCUT2D eigenvalue weighted by atomic mass is 32.2. The van der Waals surface area contributed by atoms with Crippen molar-refractivity contribution in [2.24, 2.45) is 7.05 Å². The van der Waals surface area contributed by atoms with Crippen molar-refractivity contribution >= 4 is 17.4 Å². The van der Waals surface area contributed by atoms with Gasteiger partial charge in [-0.05, 0) is 0 Å². The fraction of sp³-hybridized carbons (Fsp3) is 0.250. The van der Waals surface area contributed by atoms with E-state index in [4.69, 9.17) is 5.11 Å². The van der Waals surface area contributed by atoms with Gasteiger partial charge in [0.25, 0.3) is 0 Å². The van der Waals surface area contributed by atoms with E-state index in [9.17, 15) is 14.5 Å². The quantitative estimate of drug-likeness (QED) is 0.520. The van der Waals surface area contributed by atoms with Crippen LogP contribution < -0.4 is 0 Å². The van der Waals surface area contributed by atoms with Gasteiger partial charge >= 0.3 is 5.69 Å². The molecular weight excluding hydrogens is 285 g/mol. The number of benzene rings is 1. The molecule has 1 N–H and O–H groups in total. The van der Waals surface area contributed by atoms with Gasteiger partial charge in [-0.15, -0.1) is 0 Å². The molecule has 0 amide bonds. The van der Waals surface area contributed by atoms with Crippen LogP contribution in [-0.2, 0) is 19.4 Å². The molecule has 2 aromatic rings. The third-order valence-electron chi connectivity index (χ3n) is 2.82. The van der Waals surface area contributed by atoms with Crippen LogP contribution >= 0.6 is 11.8 Å². The lowest BCUT2D eigenvalue weighted by Gasteiger charge is -2.05. The Morgan fingerprint density at radius 2 is 2.30 bits per heavy atom. The van der Waals surface area contributed by atoms with Gasteiger partial charge in [0.15, 0.2) is 5.16 Å². The van der Waals surface area contributed by atoms with Crippen LogP contribution in [0.5, 0.6) is 0 Å². The van der Waals surface area contributed by atoms with E-state index in [0.717, 1.165) is 6.07 Å². The van der Waals surface area contributed by atoms with Crippen LogP contribution in [0, 0.1) is 15.9 Å². The maximum atomic E-state index is 13.9. The van der Waals surface area contributed by atoms with Crippen molar-refractivity contribution in [2.75, 3.05) is 0 Å². The number of thioether (sulfide) groups is 1. The van der Waals surface area contributed by atoms with E-state index >= 15 is 0 Å². The van der Waals surface area contributed by atoms with Gasteiger partial charge in [0.05, 0.1) is 23.4 Å². The highest BCUT2D eigenvalue weighted by molar-refractivity contribution is 7.98. The Kier molecular flexibility index (Phi) is 4.35. The molecule has 106 valence electrons. The Bertz CT molecular complexity index is 645. The minimum Gasteiger partial charge on any atom is -0.390 e. The standard InChI is InChI=1S/C12H12FN3O3S/c1-15-9(6-17)5-14-12(15)20-7-8-3-2-4-10(11(8)13)16(18)19/h2-5,17H,6-7H2,1H3. The molecule has 0 saturated carbocycles. The van der Waals surface area contributed by atoms with Crippen molar-refractivity contribution < 1.29 is 14.4 Å². The molecule has 8 heteroatoms. The monoisotopic (exact) mass is 297 g/mol. The maximum absolute atomic E-state index is 13.9. The topological polar surface area (TPSA) is 81.2 Å². The normalized spacial score (nSPS) is 10.8. The second-order valence-corrected chi connectivity index (χ2v) is 4.99. The highest BCUT2D eigenvalue weighted by Crippen LogP contribution is 2.27. The molecule has 0 unspecified atom stereocenters. The van der Waals surface area contributed by atoms with E-state index in [1.54, 1.807) is 11.6 Å². The summed E-state index contributed by atoms with van der Waals surface area (Å²) in [6.45, 7) is -0.130. The Morgan fingerprint density at radius 3 is 2.90 bits per heavy atom. The zero-order valence-electron chi connectivity index (χ0n) is 10.6. The van der Waals surface area contributed by atoms with E-state index in [0.29, 0.717) is 10.9 Å². The number of imidazole rings is 1. The van der Waals surface area contributed by atoms with Gasteiger partial charge in [-0.25, -0.2) is 4.98 Å². The van der Waals surface area contributed by atoms with Crippen LogP contribution in [-0.4, -0.2) is 19.6 Å². The zero-order valence-corrected chi connectivity index (χ0v) is 11.4. The summed E-state index contributed by atoms with van der Waals surface area (Å²) in [6.07, 6.45) is 1.53. The Hall–Kier alpha value is -1.93. The first-order valence-corrected chi connectivity index (χ1v) is 6.69. The Morgan fingerprint density at radius 1 is 1.55 bits per heavy atom. The largest absolute Gasteiger partial charge is 0.390 e. The minimum atomic E-state index is -0.818. The van der Waals surface area contributed by atoms with Crippen LogP contribution in [0.15, 0.2) is 29.6 Å². The highest BCUT2D eigenvalue weighted by Gasteiger charge is 2.17. The molecule has 2 rings (SSSR count). The zero-order chi connectivity index (χ0) is 14.7. The molecule has 0 aliphatic carbocycles. The predicted molar refractivity (Wildman–Crippen MR) is 71.7 cm³/mol. The van der Waals surface area contributed by atoms with Crippen molar-refractivity contribution in [1.82, 2.24) is 9.55 Å². The molecule has 0 aliphatic rings. The molecule has 1 aromatic carbocycles. The van der Waals surface area contributed by atoms with Crippen LogP contribution in [0.2, 0.25) is 0 Å². The average molecular weight is 297 g/mol. The summed E-state index contributed by atoms with van der Waals surface area (Å²) in [4.78, 5) is 14.0. The van der Waals surface area contributed by atoms with Crippen molar-refractivity contribution in [3.63, 3.8) is 0 Å². The molecule has 0 atom stereocenters. The second kappa shape index (κ2) is 6.02. The molecule has 20 heavy (non-hydrogen) atoms. The molecule has 1 aromatic heterocycles. The predicted octanol–water partition coefficient (Wildman–Crippen LogP) is 2.25. The van der Waals surface area contributed by atoms with Crippen LogP contribution in [0.25, 0.3) is 0 Å². The van der Waals surface area contributed by atoms with E-state index in [1.807, 2.05) is 0 Å². The van der Waals surface area contributed by atoms with Gasteiger partial charge in [-0.2, -0.15) is 4.39 Å². The molecular formula is C12H12FN3O3S. The summed E-state index contributed by atoms with van der Waals surface area (Å²) < 4.78 is 15.6. The summed E-state index contributed by atoms with van der Waals surface area (Å²) >= 11 is 1.25. The number of aliphatic hydroxyl groups is 1. The fourth-order valence-corrected chi connectivity index (χ4v) is 2.61. The van der Waals surface area contributed by atoms with Crippen LogP contribution in [0.1, 0.15) is 11.3 Å². The molecule has 0 radical (unpaired) electrons. The van der Waals surface area contributed by atoms with Crippen molar-refractivity contribution in [2.45, 2.75) is 17.5 Å². The summed E-state index contributed by atoms with van der Waals surface area (Å²) in [5.74, 6) is -0.593. The number of hydrogen-bond acceptors (Lipinski definition) is 5. The summed E-state index contributed by atoms with van der Waals surface area (Å²) in [5.41, 5.74) is 0.365. The SMILES string of the molecule is Cn1c(CO)cnc1SCc1cccc([N+](=O)[O-])c1F. The lowest BCUT2D eigenvalue weighted by atomic mass is 10.2. The summed E-state index contributed by atoms with van der Waals surface area (Å²) in [5, 5.41) is 20.3. The van der Waals surface area contributed by atoms with Gasteiger partial charge in [-0.1, -0.05) is 23.9 Å². The first kappa shape index (κ1) is 14.5. The third kappa shape index (κ3) is 2.81. The van der Waals surface area contributed by atoms with Crippen LogP contribution in [0.3, 0.4) is 0 Å². The number of aliphatic hydroxyl groups excluding tert-OH is 1. The number of hydrogen-bond donors (Lipinski definition) is 1. The third-order valence-corrected chi connectivity index (χ3v) is 3.91. The lowest BCUT2D eigenvalue weighted by molar-refractivity contribution is -0.387. The van der Waals surface area contributed by atoms with E-state index < -0.39 is 16.4 Å². The smallest absolute Gasteiger partial charge is 0.305 e. The molecule has 1 heterocycles. The van der Waals surface area contributed by atoms with E-state index in [2.05, 4.69) is 4.98 Å². The van der Waals surface area contributed by atoms with Gasteiger partial charge in [0, 0.05) is 24.4 Å². The molecule has 0 bridgehead atoms. The molecule has 0 aliphatic heterocycles. The first-order valence-electron chi connectivity index (χ1n) is 5.70. The Labute approximate surface area is 118 Å². The lowest BCUT2D eigenvalue weighted by Crippen LogP contribution is -1.99. The van der Waals surface area contributed by atoms with E-state index in [-0.39, 0.29) is 17.9 Å². The number of rotatable bonds is 5. The minimum absolute atomic E-state index is 0.130. The number of nitro benzene ring substituents is 1. The van der Waals surface area contributed by atoms with Gasteiger partial charge in [0.1, 0.15) is 0 Å². The first-order chi connectivity index (χ1) is 9.54. The van der Waals surface area contributed by atoms with Crippen molar-refractivity contribution in [1.29, 1.82) is 0 Å². The molecule has 0 fully saturated rings. The number of nitrogens with zero attached hydrogens (tertiary/aromatic N) is 3. The van der Waals surface area contributed by atoms with Gasteiger partial charge in [-0.3, -0.25) is 10.1 Å². The van der Waals surface area contributed by atoms with Crippen molar-refractivity contribution in [3.8, 4) is 0 Å². The van der Waals surface area contributed by atoms with Crippen LogP contribution in [0.4, 0.5) is 10.1 Å². The molecule has 6 nitrogen and oxygen atoms in total. The van der Waals surface area contributed by atoms with Gasteiger partial charge < -0.3 is 9.67 Å². The summed E-state index contributed by atoms with van der Waals surface area (Å²) in [7, 11) is 1.74. The second-order valence-electron chi connectivity index (χ2n) is 4.05. The molecule has 0 spiro atoms. The van der Waals surface area contributed by atoms with Crippen molar-refractivity contribution in [3.05, 3.63) is 51.6 Å². The Balaban J connectivity index is 2.17. The number of nitro groups is 1. The average Bonchev–Trinajstić information content (AvgIpc) is 2.78. The summed E-state index contributed by atoms with van der Waals surface area (Å²) in [6, 6.07) is 4.09. The maximum Gasteiger partial charge on any atom is 0.305 e. The van der Waals surface area contributed by atoms with E-state index in [1.165, 1.54) is 30.1 Å². The molecule has 0 saturated heterocycles. The van der Waals surface area contributed by atoms with Gasteiger partial charge in [0.2, 0.25) is 5.82 Å². The number of halogens is 1.